The molecule has 3 heteroatoms. The number of rotatable bonds is 3. The lowest BCUT2D eigenvalue weighted by Gasteiger charge is -2.16. The Morgan fingerprint density at radius 2 is 1.95 bits per heavy atom. The summed E-state index contributed by atoms with van der Waals surface area (Å²) in [4.78, 5) is 14.8. The van der Waals surface area contributed by atoms with Crippen LogP contribution in [0, 0.1) is 12.8 Å². The fourth-order valence-electron chi connectivity index (χ4n) is 3.29. The van der Waals surface area contributed by atoms with E-state index in [-0.39, 0.29) is 11.8 Å². The number of hydrogen-bond acceptors (Lipinski definition) is 1. The fourth-order valence-corrected chi connectivity index (χ4v) is 3.29. The number of carbonyl (C=O) groups is 1. The standard InChI is InChI=1S/C17H22N2O/c1-10(17(18)20)7-14-11(2)19-16-9-13-6-4-3-5-12(13)8-15(14)16/h8-10,19H,3-7H2,1-2H3,(H2,18,20). The largest absolute Gasteiger partial charge is 0.369 e. The molecule has 0 spiro atoms. The predicted octanol–water partition coefficient (Wildman–Crippen LogP) is 3.02. The van der Waals surface area contributed by atoms with Crippen LogP contribution in [0.4, 0.5) is 0 Å². The molecule has 2 aromatic rings. The number of amides is 1. The second-order valence-electron chi connectivity index (χ2n) is 6.11. The number of aryl methyl sites for hydroxylation is 3. The number of aromatic nitrogens is 1. The smallest absolute Gasteiger partial charge is 0.220 e. The average molecular weight is 270 g/mol. The first-order chi connectivity index (χ1) is 9.56. The van der Waals surface area contributed by atoms with Crippen LogP contribution in [0.2, 0.25) is 0 Å². The zero-order chi connectivity index (χ0) is 14.3. The number of H-pyrrole nitrogens is 1. The van der Waals surface area contributed by atoms with Gasteiger partial charge in [0, 0.05) is 22.5 Å². The van der Waals surface area contributed by atoms with Crippen molar-refractivity contribution in [2.45, 2.75) is 46.0 Å². The molecule has 3 nitrogen and oxygen atoms in total. The highest BCUT2D eigenvalue weighted by atomic mass is 16.1. The molecule has 1 heterocycles. The molecule has 1 aliphatic carbocycles. The second kappa shape index (κ2) is 4.97. The van der Waals surface area contributed by atoms with E-state index in [1.165, 1.54) is 53.3 Å². The van der Waals surface area contributed by atoms with Gasteiger partial charge in [0.15, 0.2) is 0 Å². The average Bonchev–Trinajstić information content (AvgIpc) is 2.72. The summed E-state index contributed by atoms with van der Waals surface area (Å²) in [6.45, 7) is 3.99. The van der Waals surface area contributed by atoms with Gasteiger partial charge in [-0.2, -0.15) is 0 Å². The molecule has 1 atom stereocenters. The topological polar surface area (TPSA) is 58.9 Å². The zero-order valence-electron chi connectivity index (χ0n) is 12.3. The molecule has 20 heavy (non-hydrogen) atoms. The molecular weight excluding hydrogens is 248 g/mol. The molecule has 1 aliphatic rings. The van der Waals surface area contributed by atoms with E-state index in [9.17, 15) is 4.79 Å². The number of nitrogens with one attached hydrogen (secondary N) is 1. The number of primary amides is 1. The maximum Gasteiger partial charge on any atom is 0.220 e. The van der Waals surface area contributed by atoms with Gasteiger partial charge in [0.1, 0.15) is 0 Å². The minimum atomic E-state index is -0.225. The van der Waals surface area contributed by atoms with Gasteiger partial charge in [-0.1, -0.05) is 6.92 Å². The summed E-state index contributed by atoms with van der Waals surface area (Å²) in [7, 11) is 0. The number of fused-ring (bicyclic) bond motifs is 2. The van der Waals surface area contributed by atoms with Crippen LogP contribution in [0.5, 0.6) is 0 Å². The molecule has 0 saturated carbocycles. The molecule has 0 aliphatic heterocycles. The van der Waals surface area contributed by atoms with Crippen molar-refractivity contribution >= 4 is 16.8 Å². The number of nitrogens with two attached hydrogens (primary N) is 1. The van der Waals surface area contributed by atoms with Gasteiger partial charge in [-0.05, 0) is 67.9 Å². The lowest BCUT2D eigenvalue weighted by molar-refractivity contribution is -0.121. The summed E-state index contributed by atoms with van der Waals surface area (Å²) in [5, 5.41) is 1.27. The van der Waals surface area contributed by atoms with Crippen LogP contribution < -0.4 is 5.73 Å². The molecule has 1 amide bonds. The number of hydrogen-bond donors (Lipinski definition) is 2. The predicted molar refractivity (Wildman–Crippen MR) is 81.7 cm³/mol. The van der Waals surface area contributed by atoms with E-state index in [0.29, 0.717) is 0 Å². The monoisotopic (exact) mass is 270 g/mol. The van der Waals surface area contributed by atoms with Crippen LogP contribution >= 0.6 is 0 Å². The summed E-state index contributed by atoms with van der Waals surface area (Å²) in [6.07, 6.45) is 5.68. The van der Waals surface area contributed by atoms with Crippen LogP contribution in [0.3, 0.4) is 0 Å². The van der Waals surface area contributed by atoms with Crippen molar-refractivity contribution < 1.29 is 4.79 Å². The van der Waals surface area contributed by atoms with E-state index >= 15 is 0 Å². The first-order valence-corrected chi connectivity index (χ1v) is 7.48. The Morgan fingerprint density at radius 1 is 1.30 bits per heavy atom. The van der Waals surface area contributed by atoms with Gasteiger partial charge in [-0.3, -0.25) is 4.79 Å². The Morgan fingerprint density at radius 3 is 2.60 bits per heavy atom. The summed E-state index contributed by atoms with van der Waals surface area (Å²) >= 11 is 0. The minimum Gasteiger partial charge on any atom is -0.369 e. The van der Waals surface area contributed by atoms with Crippen molar-refractivity contribution in [2.24, 2.45) is 11.7 Å². The lowest BCUT2D eigenvalue weighted by Crippen LogP contribution is -2.22. The fraction of sp³-hybridized carbons (Fsp3) is 0.471. The first-order valence-electron chi connectivity index (χ1n) is 7.48. The summed E-state index contributed by atoms with van der Waals surface area (Å²) in [6, 6.07) is 4.63. The van der Waals surface area contributed by atoms with Crippen molar-refractivity contribution in [3.05, 3.63) is 34.5 Å². The van der Waals surface area contributed by atoms with E-state index < -0.39 is 0 Å². The Labute approximate surface area is 119 Å². The summed E-state index contributed by atoms with van der Waals surface area (Å²) in [5.41, 5.74) is 12.0. The van der Waals surface area contributed by atoms with Crippen molar-refractivity contribution in [1.82, 2.24) is 4.98 Å². The van der Waals surface area contributed by atoms with Gasteiger partial charge < -0.3 is 10.7 Å². The number of benzene rings is 1. The van der Waals surface area contributed by atoms with Gasteiger partial charge in [0.25, 0.3) is 0 Å². The van der Waals surface area contributed by atoms with Crippen LogP contribution in [0.1, 0.15) is 42.1 Å². The minimum absolute atomic E-state index is 0.122. The highest BCUT2D eigenvalue weighted by Gasteiger charge is 2.18. The highest BCUT2D eigenvalue weighted by Crippen LogP contribution is 2.31. The maximum absolute atomic E-state index is 11.3. The van der Waals surface area contributed by atoms with Crippen molar-refractivity contribution in [1.29, 1.82) is 0 Å². The summed E-state index contributed by atoms with van der Waals surface area (Å²) < 4.78 is 0. The van der Waals surface area contributed by atoms with E-state index in [1.54, 1.807) is 0 Å². The van der Waals surface area contributed by atoms with E-state index in [4.69, 9.17) is 5.73 Å². The van der Waals surface area contributed by atoms with Crippen molar-refractivity contribution in [2.75, 3.05) is 0 Å². The zero-order valence-corrected chi connectivity index (χ0v) is 12.3. The summed E-state index contributed by atoms with van der Waals surface area (Å²) in [5.74, 6) is -0.347. The van der Waals surface area contributed by atoms with E-state index in [1.807, 2.05) is 6.92 Å². The van der Waals surface area contributed by atoms with Crippen LogP contribution in [0.25, 0.3) is 10.9 Å². The van der Waals surface area contributed by atoms with Gasteiger partial charge in [0.05, 0.1) is 0 Å². The van der Waals surface area contributed by atoms with Gasteiger partial charge >= 0.3 is 0 Å². The third kappa shape index (κ3) is 2.21. The molecule has 106 valence electrons. The molecule has 0 bridgehead atoms. The quantitative estimate of drug-likeness (QED) is 0.885. The lowest BCUT2D eigenvalue weighted by atomic mass is 9.89. The molecule has 0 fully saturated rings. The number of aromatic amines is 1. The van der Waals surface area contributed by atoms with Crippen molar-refractivity contribution in [3.8, 4) is 0 Å². The van der Waals surface area contributed by atoms with Gasteiger partial charge in [-0.15, -0.1) is 0 Å². The molecule has 3 N–H and O–H groups in total. The second-order valence-corrected chi connectivity index (χ2v) is 6.11. The Kier molecular flexibility index (Phi) is 3.28. The third-order valence-corrected chi connectivity index (χ3v) is 4.58. The Hall–Kier alpha value is -1.77. The van der Waals surface area contributed by atoms with Crippen LogP contribution in [-0.2, 0) is 24.1 Å². The molecule has 1 aromatic heterocycles. The molecule has 0 saturated heterocycles. The molecule has 0 radical (unpaired) electrons. The van der Waals surface area contributed by atoms with Gasteiger partial charge in [0.2, 0.25) is 5.91 Å². The van der Waals surface area contributed by atoms with Crippen LogP contribution in [-0.4, -0.2) is 10.9 Å². The Bertz CT molecular complexity index is 669. The number of carbonyl (C=O) groups excluding carboxylic acids is 1. The molecular formula is C17H22N2O. The normalized spacial score (nSPS) is 16.1. The highest BCUT2D eigenvalue weighted by molar-refractivity contribution is 5.87. The molecule has 3 rings (SSSR count). The first kappa shape index (κ1) is 13.2. The molecule has 1 unspecified atom stereocenters. The molecule has 1 aromatic carbocycles. The van der Waals surface area contributed by atoms with Gasteiger partial charge in [-0.25, -0.2) is 0 Å². The SMILES string of the molecule is Cc1[nH]c2cc3c(cc2c1CC(C)C(N)=O)CCCC3. The van der Waals surface area contributed by atoms with Crippen LogP contribution in [0.15, 0.2) is 12.1 Å². The van der Waals surface area contributed by atoms with Crippen molar-refractivity contribution in [3.63, 3.8) is 0 Å². The Balaban J connectivity index is 2.07. The van der Waals surface area contributed by atoms with E-state index in [2.05, 4.69) is 24.0 Å². The maximum atomic E-state index is 11.3. The third-order valence-electron chi connectivity index (χ3n) is 4.58. The van der Waals surface area contributed by atoms with E-state index in [0.717, 1.165) is 12.1 Å².